The molecule has 9 heteroatoms. The molecule has 1 aromatic carbocycles. The van der Waals surface area contributed by atoms with Gasteiger partial charge in [-0.25, -0.2) is 9.37 Å². The number of alkyl halides is 3. The van der Waals surface area contributed by atoms with E-state index in [1.165, 1.54) is 6.07 Å². The maximum Gasteiger partial charge on any atom is 0.394 e. The summed E-state index contributed by atoms with van der Waals surface area (Å²) in [6, 6.07) is 4.45. The van der Waals surface area contributed by atoms with Crippen molar-refractivity contribution in [1.82, 2.24) is 9.55 Å². The van der Waals surface area contributed by atoms with Gasteiger partial charge in [-0.05, 0) is 37.3 Å². The molecule has 0 spiro atoms. The number of nitrogens with zero attached hydrogens (tertiary/aromatic N) is 3. The fourth-order valence-electron chi connectivity index (χ4n) is 4.14. The van der Waals surface area contributed by atoms with E-state index in [9.17, 15) is 22.4 Å². The molecule has 3 aliphatic rings. The summed E-state index contributed by atoms with van der Waals surface area (Å²) < 4.78 is 55.4. The molecule has 2 bridgehead atoms. The molecule has 3 saturated carbocycles. The van der Waals surface area contributed by atoms with Crippen LogP contribution in [0, 0.1) is 28.5 Å². The van der Waals surface area contributed by atoms with Crippen LogP contribution in [0.3, 0.4) is 0 Å². The Morgan fingerprint density at radius 3 is 2.50 bits per heavy atom. The van der Waals surface area contributed by atoms with Gasteiger partial charge in [-0.3, -0.25) is 10.1 Å². The molecule has 28 heavy (non-hydrogen) atoms. The Bertz CT molecular complexity index is 1010. The number of amides is 1. The van der Waals surface area contributed by atoms with Crippen LogP contribution in [0.5, 0.6) is 0 Å². The van der Waals surface area contributed by atoms with Crippen LogP contribution in [0.15, 0.2) is 12.1 Å². The third-order valence-electron chi connectivity index (χ3n) is 5.94. The van der Waals surface area contributed by atoms with E-state index in [-0.39, 0.29) is 22.6 Å². The monoisotopic (exact) mass is 394 g/mol. The van der Waals surface area contributed by atoms with Crippen molar-refractivity contribution in [2.75, 3.05) is 5.32 Å². The summed E-state index contributed by atoms with van der Waals surface area (Å²) in [5.41, 5.74) is -2.03. The van der Waals surface area contributed by atoms with Gasteiger partial charge in [0.1, 0.15) is 5.52 Å². The number of carbonyl (C=O) groups is 1. The zero-order chi connectivity index (χ0) is 20.5. The first-order chi connectivity index (χ1) is 13.0. The molecule has 0 aliphatic heterocycles. The lowest BCUT2D eigenvalue weighted by molar-refractivity contribution is -0.213. The van der Waals surface area contributed by atoms with Crippen LogP contribution in [0.25, 0.3) is 11.0 Å². The minimum atomic E-state index is -4.54. The summed E-state index contributed by atoms with van der Waals surface area (Å²) in [6.45, 7) is 1.91. The van der Waals surface area contributed by atoms with Crippen LogP contribution >= 0.6 is 0 Å². The van der Waals surface area contributed by atoms with Crippen LogP contribution in [0.1, 0.15) is 45.1 Å². The molecular formula is C19H18F4N4O. The number of benzene rings is 1. The summed E-state index contributed by atoms with van der Waals surface area (Å²) >= 11 is 0. The minimum Gasteiger partial charge on any atom is -0.304 e. The molecule has 0 saturated heterocycles. The fourth-order valence-corrected chi connectivity index (χ4v) is 4.14. The maximum atomic E-state index is 14.4. The maximum absolute atomic E-state index is 14.4. The Morgan fingerprint density at radius 1 is 1.36 bits per heavy atom. The SMILES string of the molecule is CC(C)(CC(=O)Nc1nc2c(F)cc(C#N)cc2n1C12CC(C1)C2)C(F)(F)F. The molecule has 5 nitrogen and oxygen atoms in total. The van der Waals surface area contributed by atoms with Gasteiger partial charge in [0, 0.05) is 12.0 Å². The predicted molar refractivity (Wildman–Crippen MR) is 92.8 cm³/mol. The van der Waals surface area contributed by atoms with Crippen LogP contribution in [-0.2, 0) is 10.3 Å². The van der Waals surface area contributed by atoms with E-state index in [1.54, 1.807) is 4.57 Å². The Kier molecular flexibility index (Phi) is 3.80. The van der Waals surface area contributed by atoms with E-state index in [0.717, 1.165) is 39.2 Å². The Morgan fingerprint density at radius 2 is 2.00 bits per heavy atom. The molecule has 1 aromatic heterocycles. The molecule has 0 atom stereocenters. The summed E-state index contributed by atoms with van der Waals surface area (Å²) in [4.78, 5) is 16.5. The first-order valence-corrected chi connectivity index (χ1v) is 8.95. The van der Waals surface area contributed by atoms with Crippen molar-refractivity contribution in [2.45, 2.75) is 51.2 Å². The van der Waals surface area contributed by atoms with Gasteiger partial charge in [0.25, 0.3) is 0 Å². The average Bonchev–Trinajstić information content (AvgIpc) is 2.81. The van der Waals surface area contributed by atoms with Crippen molar-refractivity contribution in [3.8, 4) is 6.07 Å². The quantitative estimate of drug-likeness (QED) is 0.778. The molecule has 5 rings (SSSR count). The molecule has 1 heterocycles. The lowest BCUT2D eigenvalue weighted by Gasteiger charge is -2.62. The number of aromatic nitrogens is 2. The molecule has 0 unspecified atom stereocenters. The second kappa shape index (κ2) is 5.69. The van der Waals surface area contributed by atoms with Crippen LogP contribution in [-0.4, -0.2) is 21.6 Å². The molecule has 1 amide bonds. The number of hydrogen-bond donors (Lipinski definition) is 1. The predicted octanol–water partition coefficient (Wildman–Crippen LogP) is 4.47. The number of anilines is 1. The molecule has 1 N–H and O–H groups in total. The van der Waals surface area contributed by atoms with Crippen LogP contribution in [0.2, 0.25) is 0 Å². The van der Waals surface area contributed by atoms with Gasteiger partial charge < -0.3 is 4.57 Å². The largest absolute Gasteiger partial charge is 0.394 e. The number of nitriles is 1. The van der Waals surface area contributed by atoms with Crippen molar-refractivity contribution < 1.29 is 22.4 Å². The Labute approximate surface area is 158 Å². The standard InChI is InChI=1S/C19H18F4N4O/c1-17(2,19(21,22)23)8-14(28)25-16-26-15-12(20)3-10(9-24)4-13(15)27(16)18-5-11(6-18)7-18/h3-4,11H,5-8H2,1-2H3,(H,25,26,28). The number of halogens is 4. The minimum absolute atomic E-state index is 0.00546. The zero-order valence-electron chi connectivity index (χ0n) is 15.3. The number of fused-ring (bicyclic) bond motifs is 1. The molecule has 2 aromatic rings. The lowest BCUT2D eigenvalue weighted by Crippen LogP contribution is -2.59. The summed E-state index contributed by atoms with van der Waals surface area (Å²) in [5, 5.41) is 11.6. The summed E-state index contributed by atoms with van der Waals surface area (Å²) in [6.07, 6.45) is -2.79. The average molecular weight is 394 g/mol. The van der Waals surface area contributed by atoms with E-state index in [2.05, 4.69) is 10.3 Å². The van der Waals surface area contributed by atoms with Crippen molar-refractivity contribution in [2.24, 2.45) is 11.3 Å². The number of rotatable bonds is 4. The third kappa shape index (κ3) is 2.65. The van der Waals surface area contributed by atoms with Crippen molar-refractivity contribution in [1.29, 1.82) is 5.26 Å². The fraction of sp³-hybridized carbons (Fsp3) is 0.526. The first-order valence-electron chi connectivity index (χ1n) is 8.95. The van der Waals surface area contributed by atoms with Gasteiger partial charge >= 0.3 is 6.18 Å². The van der Waals surface area contributed by atoms with E-state index in [4.69, 9.17) is 5.26 Å². The number of nitrogens with one attached hydrogen (secondary N) is 1. The molecule has 148 valence electrons. The van der Waals surface area contributed by atoms with Gasteiger partial charge in [-0.1, -0.05) is 13.8 Å². The molecule has 3 fully saturated rings. The number of hydrogen-bond acceptors (Lipinski definition) is 3. The topological polar surface area (TPSA) is 70.7 Å². The molecule has 3 aliphatic carbocycles. The first kappa shape index (κ1) is 18.7. The third-order valence-corrected chi connectivity index (χ3v) is 5.94. The second-order valence-electron chi connectivity index (χ2n) is 8.52. The van der Waals surface area contributed by atoms with Crippen molar-refractivity contribution >= 4 is 22.9 Å². The zero-order valence-corrected chi connectivity index (χ0v) is 15.3. The second-order valence-corrected chi connectivity index (χ2v) is 8.52. The highest BCUT2D eigenvalue weighted by molar-refractivity contribution is 5.92. The summed E-state index contributed by atoms with van der Waals surface area (Å²) in [5.74, 6) is -0.948. The van der Waals surface area contributed by atoms with Crippen LogP contribution < -0.4 is 5.32 Å². The van der Waals surface area contributed by atoms with E-state index in [0.29, 0.717) is 11.4 Å². The Hall–Kier alpha value is -2.63. The highest BCUT2D eigenvalue weighted by Gasteiger charge is 2.59. The molecular weight excluding hydrogens is 376 g/mol. The van der Waals surface area contributed by atoms with Crippen molar-refractivity contribution in [3.05, 3.63) is 23.5 Å². The number of carbonyl (C=O) groups excluding carboxylic acids is 1. The van der Waals surface area contributed by atoms with E-state index < -0.39 is 29.7 Å². The smallest absolute Gasteiger partial charge is 0.304 e. The summed E-state index contributed by atoms with van der Waals surface area (Å²) in [7, 11) is 0. The highest BCUT2D eigenvalue weighted by Crippen LogP contribution is 2.63. The van der Waals surface area contributed by atoms with E-state index in [1.807, 2.05) is 6.07 Å². The van der Waals surface area contributed by atoms with Gasteiger partial charge in [-0.15, -0.1) is 0 Å². The van der Waals surface area contributed by atoms with Gasteiger partial charge in [0.2, 0.25) is 11.9 Å². The molecule has 0 radical (unpaired) electrons. The van der Waals surface area contributed by atoms with E-state index >= 15 is 0 Å². The van der Waals surface area contributed by atoms with Gasteiger partial charge in [0.15, 0.2) is 5.82 Å². The van der Waals surface area contributed by atoms with Gasteiger partial charge in [0.05, 0.1) is 22.6 Å². The lowest BCUT2D eigenvalue weighted by atomic mass is 9.49. The number of imidazole rings is 1. The Balaban J connectivity index is 1.73. The van der Waals surface area contributed by atoms with Gasteiger partial charge in [-0.2, -0.15) is 18.4 Å². The highest BCUT2D eigenvalue weighted by atomic mass is 19.4. The van der Waals surface area contributed by atoms with Crippen LogP contribution in [0.4, 0.5) is 23.5 Å². The normalized spacial score (nSPS) is 23.7. The van der Waals surface area contributed by atoms with Crippen molar-refractivity contribution in [3.63, 3.8) is 0 Å².